The number of primary amides is 1. The molecule has 0 bridgehead atoms. The van der Waals surface area contributed by atoms with E-state index in [1.54, 1.807) is 42.5 Å². The average molecular weight is 522 g/mol. The number of Topliss-reactive ketones (excluding diaryl/α,β-unsaturated/α-hetero) is 1. The Morgan fingerprint density at radius 3 is 2.21 bits per heavy atom. The zero-order valence-electron chi connectivity index (χ0n) is 20.8. The minimum absolute atomic E-state index is 0.0911. The molecule has 1 heterocycles. The van der Waals surface area contributed by atoms with Crippen LogP contribution in [0.2, 0.25) is 0 Å². The van der Waals surface area contributed by atoms with E-state index in [0.717, 1.165) is 23.3 Å². The second kappa shape index (κ2) is 10.5. The lowest BCUT2D eigenvalue weighted by Gasteiger charge is -2.12. The Balaban J connectivity index is 1.99. The number of carbonyl (C=O) groups excluding carboxylic acids is 2. The fourth-order valence-corrected chi connectivity index (χ4v) is 4.44. The van der Waals surface area contributed by atoms with Gasteiger partial charge in [-0.2, -0.15) is 13.2 Å². The first kappa shape index (κ1) is 26.7. The molecule has 0 unspecified atom stereocenters. The predicted octanol–water partition coefficient (Wildman–Crippen LogP) is 5.64. The van der Waals surface area contributed by atoms with Crippen molar-refractivity contribution in [3.05, 3.63) is 94.5 Å². The number of hydrogen-bond acceptors (Lipinski definition) is 4. The summed E-state index contributed by atoms with van der Waals surface area (Å²) in [5, 5.41) is 11.9. The first-order chi connectivity index (χ1) is 18.0. The molecule has 0 aliphatic heterocycles. The van der Waals surface area contributed by atoms with E-state index in [2.05, 4.69) is 4.99 Å². The monoisotopic (exact) mass is 521 g/mol. The van der Waals surface area contributed by atoms with E-state index in [1.165, 1.54) is 10.6 Å². The molecular formula is C29H26F3N3O3. The number of alkyl halides is 3. The zero-order valence-corrected chi connectivity index (χ0v) is 20.8. The maximum absolute atomic E-state index is 13.7. The van der Waals surface area contributed by atoms with Gasteiger partial charge in [-0.25, -0.2) is 0 Å². The number of nitrogens with two attached hydrogens (primary N) is 1. The summed E-state index contributed by atoms with van der Waals surface area (Å²) in [4.78, 5) is 28.0. The highest BCUT2D eigenvalue weighted by Crippen LogP contribution is 2.40. The van der Waals surface area contributed by atoms with E-state index in [4.69, 9.17) is 5.73 Å². The molecule has 6 nitrogen and oxygen atoms in total. The predicted molar refractivity (Wildman–Crippen MR) is 140 cm³/mol. The van der Waals surface area contributed by atoms with Crippen LogP contribution in [-0.2, 0) is 15.8 Å². The third kappa shape index (κ3) is 5.61. The van der Waals surface area contributed by atoms with Gasteiger partial charge in [0.1, 0.15) is 0 Å². The summed E-state index contributed by atoms with van der Waals surface area (Å²) < 4.78 is 42.4. The van der Waals surface area contributed by atoms with Crippen molar-refractivity contribution in [1.82, 2.24) is 4.57 Å². The molecule has 38 heavy (non-hydrogen) atoms. The number of carbonyl (C=O) groups is 2. The lowest BCUT2D eigenvalue weighted by atomic mass is 10.00. The average Bonchev–Trinajstić information content (AvgIpc) is 3.13. The molecule has 4 rings (SSSR count). The number of aryl methyl sites for hydroxylation is 2. The molecule has 0 fully saturated rings. The van der Waals surface area contributed by atoms with E-state index < -0.39 is 17.6 Å². The number of benzene rings is 3. The van der Waals surface area contributed by atoms with Crippen LogP contribution >= 0.6 is 0 Å². The lowest BCUT2D eigenvalue weighted by Crippen LogP contribution is -2.15. The van der Waals surface area contributed by atoms with Gasteiger partial charge in [0.2, 0.25) is 11.8 Å². The molecule has 196 valence electrons. The van der Waals surface area contributed by atoms with Gasteiger partial charge in [-0.05, 0) is 49.2 Å². The normalized spacial score (nSPS) is 12.2. The number of hydrogen-bond donors (Lipinski definition) is 2. The number of halogens is 3. The first-order valence-corrected chi connectivity index (χ1v) is 11.9. The molecule has 0 saturated heterocycles. The Kier molecular flexibility index (Phi) is 7.39. The van der Waals surface area contributed by atoms with E-state index in [0.29, 0.717) is 16.6 Å². The summed E-state index contributed by atoms with van der Waals surface area (Å²) in [5.41, 5.74) is 7.64. The number of aromatic hydroxyl groups is 1. The Bertz CT molecular complexity index is 1530. The van der Waals surface area contributed by atoms with Crippen molar-refractivity contribution in [1.29, 1.82) is 0 Å². The topological polar surface area (TPSA) is 97.7 Å². The molecule has 0 radical (unpaired) electrons. The van der Waals surface area contributed by atoms with Gasteiger partial charge in [0.15, 0.2) is 5.78 Å². The van der Waals surface area contributed by atoms with Crippen molar-refractivity contribution >= 4 is 28.3 Å². The molecule has 3 N–H and O–H groups in total. The SMILES string of the molecule is Cc1cc(C)cc(-n2c(O)c(C(=NCC(=O)CCC(N)=O)c3ccccc3)c3ccc(C(F)(F)F)cc32)c1. The molecule has 0 saturated carbocycles. The molecule has 9 heteroatoms. The van der Waals surface area contributed by atoms with Crippen LogP contribution < -0.4 is 5.73 Å². The highest BCUT2D eigenvalue weighted by atomic mass is 19.4. The largest absolute Gasteiger partial charge is 0.494 e. The smallest absolute Gasteiger partial charge is 0.416 e. The van der Waals surface area contributed by atoms with Crippen molar-refractivity contribution in [2.24, 2.45) is 10.7 Å². The third-order valence-electron chi connectivity index (χ3n) is 6.08. The number of nitrogens with zero attached hydrogens (tertiary/aromatic N) is 2. The minimum Gasteiger partial charge on any atom is -0.494 e. The summed E-state index contributed by atoms with van der Waals surface area (Å²) >= 11 is 0. The van der Waals surface area contributed by atoms with Gasteiger partial charge < -0.3 is 10.8 Å². The molecule has 4 aromatic rings. The van der Waals surface area contributed by atoms with Crippen LogP contribution in [0.5, 0.6) is 5.88 Å². The highest BCUT2D eigenvalue weighted by molar-refractivity contribution is 6.22. The summed E-state index contributed by atoms with van der Waals surface area (Å²) in [6, 6.07) is 17.5. The van der Waals surface area contributed by atoms with Crippen molar-refractivity contribution in [2.75, 3.05) is 6.54 Å². The molecule has 0 atom stereocenters. The third-order valence-corrected chi connectivity index (χ3v) is 6.08. The van der Waals surface area contributed by atoms with Gasteiger partial charge in [-0.1, -0.05) is 42.5 Å². The standard InChI is InChI=1S/C29H26F3N3O3/c1-17-12-18(2)14-21(13-17)35-24-15-20(29(30,31)32)8-10-23(24)26(28(35)38)27(19-6-4-3-5-7-19)34-16-22(36)9-11-25(33)37/h3-8,10,12-15,38H,9,11,16H2,1-2H3,(H2,33,37). The van der Waals surface area contributed by atoms with Crippen molar-refractivity contribution < 1.29 is 27.9 Å². The van der Waals surface area contributed by atoms with Crippen LogP contribution in [0.25, 0.3) is 16.6 Å². The number of ketones is 1. The van der Waals surface area contributed by atoms with Crippen molar-refractivity contribution in [2.45, 2.75) is 32.9 Å². The number of fused-ring (bicyclic) bond motifs is 1. The maximum Gasteiger partial charge on any atom is 0.416 e. The van der Waals surface area contributed by atoms with Crippen LogP contribution in [0.4, 0.5) is 13.2 Å². The number of aromatic nitrogens is 1. The van der Waals surface area contributed by atoms with Crippen LogP contribution in [0.15, 0.2) is 71.7 Å². The summed E-state index contributed by atoms with van der Waals surface area (Å²) in [7, 11) is 0. The molecule has 0 aliphatic carbocycles. The number of amides is 1. The van der Waals surface area contributed by atoms with Crippen LogP contribution in [-0.4, -0.2) is 33.6 Å². The molecule has 0 spiro atoms. The van der Waals surface area contributed by atoms with E-state index in [9.17, 15) is 27.9 Å². The van der Waals surface area contributed by atoms with Crippen LogP contribution in [0.3, 0.4) is 0 Å². The van der Waals surface area contributed by atoms with Gasteiger partial charge in [-0.15, -0.1) is 0 Å². The zero-order chi connectivity index (χ0) is 27.6. The number of rotatable bonds is 8. The van der Waals surface area contributed by atoms with Crippen molar-refractivity contribution in [3.8, 4) is 11.6 Å². The van der Waals surface area contributed by atoms with Crippen LogP contribution in [0, 0.1) is 13.8 Å². The van der Waals surface area contributed by atoms with E-state index in [-0.39, 0.29) is 47.8 Å². The molecule has 1 amide bonds. The Labute approximate surface area is 217 Å². The summed E-state index contributed by atoms with van der Waals surface area (Å²) in [5.74, 6) is -1.26. The molecule has 1 aromatic heterocycles. The molecule has 3 aromatic carbocycles. The Hall–Kier alpha value is -4.40. The maximum atomic E-state index is 13.7. The second-order valence-electron chi connectivity index (χ2n) is 9.15. The van der Waals surface area contributed by atoms with Gasteiger partial charge in [0.05, 0.1) is 28.9 Å². The quantitative estimate of drug-likeness (QED) is 0.294. The first-order valence-electron chi connectivity index (χ1n) is 11.9. The Morgan fingerprint density at radius 1 is 0.947 bits per heavy atom. The van der Waals surface area contributed by atoms with E-state index >= 15 is 0 Å². The fraction of sp³-hybridized carbons (Fsp3) is 0.207. The Morgan fingerprint density at radius 2 is 1.61 bits per heavy atom. The van der Waals surface area contributed by atoms with Crippen LogP contribution in [0.1, 0.15) is 40.7 Å². The molecule has 0 aliphatic rings. The summed E-state index contributed by atoms with van der Waals surface area (Å²) in [6.07, 6.45) is -4.80. The lowest BCUT2D eigenvalue weighted by molar-refractivity contribution is -0.137. The van der Waals surface area contributed by atoms with Crippen molar-refractivity contribution in [3.63, 3.8) is 0 Å². The minimum atomic E-state index is -4.59. The second-order valence-corrected chi connectivity index (χ2v) is 9.15. The van der Waals surface area contributed by atoms with Gasteiger partial charge in [-0.3, -0.25) is 19.1 Å². The van der Waals surface area contributed by atoms with Gasteiger partial charge in [0, 0.05) is 29.5 Å². The fourth-order valence-electron chi connectivity index (χ4n) is 4.44. The molecular weight excluding hydrogens is 495 g/mol. The summed E-state index contributed by atoms with van der Waals surface area (Å²) in [6.45, 7) is 3.42. The van der Waals surface area contributed by atoms with E-state index in [1.807, 2.05) is 19.9 Å². The van der Waals surface area contributed by atoms with Gasteiger partial charge >= 0.3 is 6.18 Å². The van der Waals surface area contributed by atoms with Gasteiger partial charge in [0.25, 0.3) is 0 Å². The number of aliphatic imine (C=N–C) groups is 1. The highest BCUT2D eigenvalue weighted by Gasteiger charge is 2.32.